The van der Waals surface area contributed by atoms with E-state index in [1.165, 1.54) is 0 Å². The first kappa shape index (κ1) is 11.3. The van der Waals surface area contributed by atoms with E-state index in [2.05, 4.69) is 14.9 Å². The summed E-state index contributed by atoms with van der Waals surface area (Å²) in [6, 6.07) is 0. The van der Waals surface area contributed by atoms with Gasteiger partial charge in [0.25, 0.3) is 0 Å². The molecule has 0 amide bonds. The summed E-state index contributed by atoms with van der Waals surface area (Å²) in [7, 11) is 0. The zero-order valence-electron chi connectivity index (χ0n) is 9.56. The number of aromatic nitrogens is 2. The van der Waals surface area contributed by atoms with Gasteiger partial charge in [0.2, 0.25) is 0 Å². The lowest BCUT2D eigenvalue weighted by Gasteiger charge is -2.36. The van der Waals surface area contributed by atoms with Crippen LogP contribution in [-0.4, -0.2) is 38.7 Å². The zero-order chi connectivity index (χ0) is 11.6. The maximum absolute atomic E-state index is 9.97. The second kappa shape index (κ2) is 4.35. The third-order valence-electron chi connectivity index (χ3n) is 2.86. The molecule has 3 N–H and O–H groups in total. The summed E-state index contributed by atoms with van der Waals surface area (Å²) in [5, 5.41) is 9.97. The lowest BCUT2D eigenvalue weighted by atomic mass is 9.95. The van der Waals surface area contributed by atoms with Crippen LogP contribution >= 0.6 is 0 Å². The third kappa shape index (κ3) is 2.90. The number of piperidine rings is 1. The van der Waals surface area contributed by atoms with Gasteiger partial charge in [0.05, 0.1) is 23.7 Å². The van der Waals surface area contributed by atoms with Gasteiger partial charge in [0, 0.05) is 13.1 Å². The van der Waals surface area contributed by atoms with Crippen molar-refractivity contribution in [2.45, 2.75) is 31.9 Å². The molecule has 1 aromatic rings. The average molecular weight is 222 g/mol. The highest BCUT2D eigenvalue weighted by Gasteiger charge is 2.28. The van der Waals surface area contributed by atoms with Crippen molar-refractivity contribution in [2.24, 2.45) is 0 Å². The third-order valence-corrected chi connectivity index (χ3v) is 2.86. The molecule has 5 nitrogen and oxygen atoms in total. The predicted octanol–water partition coefficient (Wildman–Crippen LogP) is 0.406. The molecular formula is C11H18N4O. The zero-order valence-corrected chi connectivity index (χ0v) is 9.56. The minimum Gasteiger partial charge on any atom is -0.389 e. The van der Waals surface area contributed by atoms with E-state index in [1.54, 1.807) is 12.4 Å². The van der Waals surface area contributed by atoms with Gasteiger partial charge in [-0.15, -0.1) is 0 Å². The highest BCUT2D eigenvalue weighted by molar-refractivity contribution is 5.22. The Kier molecular flexibility index (Phi) is 3.07. The van der Waals surface area contributed by atoms with Gasteiger partial charge < -0.3 is 10.8 Å². The molecule has 16 heavy (non-hydrogen) atoms. The van der Waals surface area contributed by atoms with Crippen LogP contribution in [0.15, 0.2) is 12.4 Å². The lowest BCUT2D eigenvalue weighted by Crippen LogP contribution is -2.45. The Hall–Kier alpha value is -1.20. The number of likely N-dealkylation sites (tertiary alicyclic amines) is 1. The first-order valence-corrected chi connectivity index (χ1v) is 5.56. The van der Waals surface area contributed by atoms with Crippen molar-refractivity contribution in [3.8, 4) is 0 Å². The molecular weight excluding hydrogens is 204 g/mol. The maximum atomic E-state index is 9.97. The van der Waals surface area contributed by atoms with Crippen LogP contribution in [0.1, 0.15) is 25.5 Å². The summed E-state index contributed by atoms with van der Waals surface area (Å²) in [6.45, 7) is 4.30. The second-order valence-electron chi connectivity index (χ2n) is 4.74. The highest BCUT2D eigenvalue weighted by atomic mass is 16.3. The molecule has 1 saturated heterocycles. The normalized spacial score (nSPS) is 26.9. The molecule has 0 aromatic carbocycles. The Bertz CT molecular complexity index is 350. The molecule has 88 valence electrons. The second-order valence-corrected chi connectivity index (χ2v) is 4.74. The number of nitrogen functional groups attached to an aromatic ring is 1. The van der Waals surface area contributed by atoms with Crippen LogP contribution < -0.4 is 5.73 Å². The van der Waals surface area contributed by atoms with Crippen molar-refractivity contribution < 1.29 is 5.11 Å². The first-order chi connectivity index (χ1) is 7.55. The minimum absolute atomic E-state index is 0.439. The number of anilines is 1. The standard InChI is InChI=1S/C11H18N4O/c1-11(16)3-2-4-15(8-11)7-9-5-14-10(12)6-13-9/h5-6,16H,2-4,7-8H2,1H3,(H2,12,14). The van der Waals surface area contributed by atoms with Gasteiger partial charge in [-0.05, 0) is 26.3 Å². The van der Waals surface area contributed by atoms with Gasteiger partial charge in [-0.1, -0.05) is 0 Å². The van der Waals surface area contributed by atoms with E-state index in [1.807, 2.05) is 6.92 Å². The van der Waals surface area contributed by atoms with Crippen LogP contribution in [0.25, 0.3) is 0 Å². The molecule has 1 aliphatic rings. The van der Waals surface area contributed by atoms with Crippen molar-refractivity contribution in [3.63, 3.8) is 0 Å². The Balaban J connectivity index is 1.97. The number of hydrogen-bond donors (Lipinski definition) is 2. The summed E-state index contributed by atoms with van der Waals surface area (Å²) >= 11 is 0. The fourth-order valence-corrected chi connectivity index (χ4v) is 2.13. The Labute approximate surface area is 95.3 Å². The minimum atomic E-state index is -0.570. The van der Waals surface area contributed by atoms with Gasteiger partial charge in [0.15, 0.2) is 0 Å². The van der Waals surface area contributed by atoms with E-state index < -0.39 is 5.60 Å². The van der Waals surface area contributed by atoms with Gasteiger partial charge in [-0.2, -0.15) is 0 Å². The van der Waals surface area contributed by atoms with Crippen LogP contribution in [0.4, 0.5) is 5.82 Å². The number of nitrogens with zero attached hydrogens (tertiary/aromatic N) is 3. The summed E-state index contributed by atoms with van der Waals surface area (Å²) < 4.78 is 0. The summed E-state index contributed by atoms with van der Waals surface area (Å²) in [5.41, 5.74) is 5.80. The van der Waals surface area contributed by atoms with E-state index in [0.29, 0.717) is 12.4 Å². The number of rotatable bonds is 2. The van der Waals surface area contributed by atoms with Crippen molar-refractivity contribution in [3.05, 3.63) is 18.1 Å². The van der Waals surface area contributed by atoms with Gasteiger partial charge >= 0.3 is 0 Å². The fourth-order valence-electron chi connectivity index (χ4n) is 2.13. The smallest absolute Gasteiger partial charge is 0.141 e. The number of aliphatic hydroxyl groups is 1. The van der Waals surface area contributed by atoms with Crippen LogP contribution in [0.3, 0.4) is 0 Å². The van der Waals surface area contributed by atoms with Crippen LogP contribution in [0.2, 0.25) is 0 Å². The molecule has 0 aliphatic carbocycles. The Morgan fingerprint density at radius 2 is 2.31 bits per heavy atom. The Morgan fingerprint density at radius 1 is 1.50 bits per heavy atom. The molecule has 1 unspecified atom stereocenters. The SMILES string of the molecule is CC1(O)CCCN(Cc2cnc(N)cn2)C1. The van der Waals surface area contributed by atoms with Crippen molar-refractivity contribution >= 4 is 5.82 Å². The Morgan fingerprint density at radius 3 is 2.94 bits per heavy atom. The van der Waals surface area contributed by atoms with Crippen molar-refractivity contribution in [1.82, 2.24) is 14.9 Å². The lowest BCUT2D eigenvalue weighted by molar-refractivity contribution is -0.0185. The van der Waals surface area contributed by atoms with E-state index in [0.717, 1.165) is 31.6 Å². The number of β-amino-alcohol motifs (C(OH)–C–C–N with tert-alkyl or cyclic N) is 1. The topological polar surface area (TPSA) is 75.3 Å². The molecule has 0 spiro atoms. The van der Waals surface area contributed by atoms with Crippen LogP contribution in [0, 0.1) is 0 Å². The largest absolute Gasteiger partial charge is 0.389 e. The average Bonchev–Trinajstić information content (AvgIpc) is 2.20. The van der Waals surface area contributed by atoms with E-state index in [-0.39, 0.29) is 0 Å². The van der Waals surface area contributed by atoms with Gasteiger partial charge in [-0.3, -0.25) is 9.88 Å². The maximum Gasteiger partial charge on any atom is 0.141 e. The summed E-state index contributed by atoms with van der Waals surface area (Å²) in [4.78, 5) is 10.4. The highest BCUT2D eigenvalue weighted by Crippen LogP contribution is 2.21. The van der Waals surface area contributed by atoms with Crippen LogP contribution in [-0.2, 0) is 6.54 Å². The molecule has 1 aromatic heterocycles. The molecule has 0 saturated carbocycles. The van der Waals surface area contributed by atoms with Crippen LogP contribution in [0.5, 0.6) is 0 Å². The molecule has 2 heterocycles. The monoisotopic (exact) mass is 222 g/mol. The molecule has 1 atom stereocenters. The van der Waals surface area contributed by atoms with Crippen molar-refractivity contribution in [2.75, 3.05) is 18.8 Å². The molecule has 0 radical (unpaired) electrons. The van der Waals surface area contributed by atoms with E-state index >= 15 is 0 Å². The molecule has 5 heteroatoms. The predicted molar refractivity (Wildman–Crippen MR) is 61.6 cm³/mol. The number of nitrogens with two attached hydrogens (primary N) is 1. The summed E-state index contributed by atoms with van der Waals surface area (Å²) in [5.74, 6) is 0.439. The first-order valence-electron chi connectivity index (χ1n) is 5.56. The number of hydrogen-bond acceptors (Lipinski definition) is 5. The fraction of sp³-hybridized carbons (Fsp3) is 0.636. The molecule has 0 bridgehead atoms. The van der Waals surface area contributed by atoms with Gasteiger partial charge in [-0.25, -0.2) is 4.98 Å². The quantitative estimate of drug-likeness (QED) is 0.758. The van der Waals surface area contributed by atoms with E-state index in [9.17, 15) is 5.11 Å². The summed E-state index contributed by atoms with van der Waals surface area (Å²) in [6.07, 6.45) is 5.16. The van der Waals surface area contributed by atoms with Crippen molar-refractivity contribution in [1.29, 1.82) is 0 Å². The molecule has 1 aliphatic heterocycles. The molecule has 2 rings (SSSR count). The van der Waals surface area contributed by atoms with E-state index in [4.69, 9.17) is 5.73 Å². The molecule has 1 fully saturated rings. The van der Waals surface area contributed by atoms with Gasteiger partial charge in [0.1, 0.15) is 5.82 Å².